The van der Waals surface area contributed by atoms with Crippen molar-refractivity contribution in [1.29, 1.82) is 0 Å². The number of fused-ring (bicyclic) bond motifs is 1. The first kappa shape index (κ1) is 18.6. The summed E-state index contributed by atoms with van der Waals surface area (Å²) >= 11 is 0. The molecule has 1 aliphatic rings. The summed E-state index contributed by atoms with van der Waals surface area (Å²) in [6, 6.07) is 9.53. The summed E-state index contributed by atoms with van der Waals surface area (Å²) in [7, 11) is -3.37. The van der Waals surface area contributed by atoms with Crippen LogP contribution in [0.5, 0.6) is 0 Å². The highest BCUT2D eigenvalue weighted by molar-refractivity contribution is 7.90. The van der Waals surface area contributed by atoms with Crippen LogP contribution < -0.4 is 10.2 Å². The van der Waals surface area contributed by atoms with Crippen molar-refractivity contribution in [1.82, 2.24) is 9.97 Å². The first-order valence-corrected chi connectivity index (χ1v) is 10.6. The number of nitrogens with zero attached hydrogens (tertiary/aromatic N) is 3. The van der Waals surface area contributed by atoms with E-state index in [2.05, 4.69) is 15.3 Å². The maximum absolute atomic E-state index is 14.6. The average Bonchev–Trinajstić information content (AvgIpc) is 2.68. The summed E-state index contributed by atoms with van der Waals surface area (Å²) in [6.45, 7) is 2.45. The predicted octanol–water partition coefficient (Wildman–Crippen LogP) is 2.75. The van der Waals surface area contributed by atoms with Gasteiger partial charge in [0.15, 0.2) is 9.84 Å². The minimum atomic E-state index is -3.37. The van der Waals surface area contributed by atoms with Gasteiger partial charge in [-0.1, -0.05) is 0 Å². The average molecular weight is 402 g/mol. The normalized spacial score (nSPS) is 15.0. The second-order valence-electron chi connectivity index (χ2n) is 6.56. The second-order valence-corrected chi connectivity index (χ2v) is 8.58. The Morgan fingerprint density at radius 1 is 1.11 bits per heavy atom. The van der Waals surface area contributed by atoms with Crippen LogP contribution >= 0.6 is 0 Å². The smallest absolute Gasteiger partial charge is 0.175 e. The van der Waals surface area contributed by atoms with Crippen LogP contribution in [0, 0.1) is 5.82 Å². The molecule has 0 spiro atoms. The highest BCUT2D eigenvalue weighted by Crippen LogP contribution is 2.28. The van der Waals surface area contributed by atoms with Crippen molar-refractivity contribution in [3.8, 4) is 0 Å². The molecule has 0 amide bonds. The van der Waals surface area contributed by atoms with Crippen LogP contribution in [0.3, 0.4) is 0 Å². The molecule has 0 unspecified atom stereocenters. The standard InChI is InChI=1S/C19H19FN4O3S/c1-28(25,26)14-3-4-17-15(11-14)19(22-12-21-17)23-13-2-5-18(16(20)10-13)24-6-8-27-9-7-24/h2-5,10-12H,6-9H2,1H3,(H,21,22,23). The molecule has 1 aromatic heterocycles. The highest BCUT2D eigenvalue weighted by atomic mass is 32.2. The molecule has 9 heteroatoms. The molecule has 0 saturated carbocycles. The van der Waals surface area contributed by atoms with Gasteiger partial charge < -0.3 is 15.0 Å². The molecule has 7 nitrogen and oxygen atoms in total. The molecule has 2 heterocycles. The van der Waals surface area contributed by atoms with Crippen molar-refractivity contribution in [3.05, 3.63) is 48.5 Å². The zero-order chi connectivity index (χ0) is 19.7. The van der Waals surface area contributed by atoms with Gasteiger partial charge in [0, 0.05) is 30.4 Å². The topological polar surface area (TPSA) is 84.4 Å². The van der Waals surface area contributed by atoms with Crippen molar-refractivity contribution < 1.29 is 17.5 Å². The highest BCUT2D eigenvalue weighted by Gasteiger charge is 2.16. The molecule has 3 aromatic rings. The largest absolute Gasteiger partial charge is 0.378 e. The minimum absolute atomic E-state index is 0.173. The van der Waals surface area contributed by atoms with Crippen LogP contribution in [-0.2, 0) is 14.6 Å². The number of hydrogen-bond donors (Lipinski definition) is 1. The molecule has 1 fully saturated rings. The Morgan fingerprint density at radius 2 is 1.89 bits per heavy atom. The van der Waals surface area contributed by atoms with Gasteiger partial charge >= 0.3 is 0 Å². The van der Waals surface area contributed by atoms with Crippen LogP contribution in [0.25, 0.3) is 10.9 Å². The van der Waals surface area contributed by atoms with Gasteiger partial charge in [-0.15, -0.1) is 0 Å². The lowest BCUT2D eigenvalue weighted by molar-refractivity contribution is 0.122. The van der Waals surface area contributed by atoms with Gasteiger partial charge in [0.25, 0.3) is 0 Å². The van der Waals surface area contributed by atoms with Crippen LogP contribution in [-0.4, -0.2) is 50.9 Å². The molecule has 0 bridgehead atoms. The number of benzene rings is 2. The molecule has 4 rings (SSSR count). The third-order valence-corrected chi connectivity index (χ3v) is 5.71. The van der Waals surface area contributed by atoms with Gasteiger partial charge in [0.2, 0.25) is 0 Å². The van der Waals surface area contributed by atoms with E-state index in [1.807, 2.05) is 4.90 Å². The second kappa shape index (κ2) is 7.33. The van der Waals surface area contributed by atoms with Crippen molar-refractivity contribution in [2.24, 2.45) is 0 Å². The molecule has 0 atom stereocenters. The number of halogens is 1. The molecule has 2 aromatic carbocycles. The third kappa shape index (κ3) is 3.76. The Labute approximate surface area is 162 Å². The van der Waals surface area contributed by atoms with Crippen molar-refractivity contribution in [2.45, 2.75) is 4.90 Å². The summed E-state index contributed by atoms with van der Waals surface area (Å²) in [4.78, 5) is 10.5. The molecular weight excluding hydrogens is 383 g/mol. The van der Waals surface area contributed by atoms with Crippen LogP contribution in [0.15, 0.2) is 47.6 Å². The van der Waals surface area contributed by atoms with E-state index in [1.54, 1.807) is 18.2 Å². The lowest BCUT2D eigenvalue weighted by atomic mass is 10.2. The zero-order valence-corrected chi connectivity index (χ0v) is 16.0. The Bertz CT molecular complexity index is 1130. The van der Waals surface area contributed by atoms with E-state index in [4.69, 9.17) is 4.74 Å². The molecule has 1 aliphatic heterocycles. The Balaban J connectivity index is 1.67. The first-order valence-electron chi connectivity index (χ1n) is 8.76. The number of morpholine rings is 1. The van der Waals surface area contributed by atoms with Crippen molar-refractivity contribution in [3.63, 3.8) is 0 Å². The number of sulfone groups is 1. The predicted molar refractivity (Wildman–Crippen MR) is 105 cm³/mol. The van der Waals surface area contributed by atoms with Gasteiger partial charge in [-0.25, -0.2) is 22.8 Å². The SMILES string of the molecule is CS(=O)(=O)c1ccc2ncnc(Nc3ccc(N4CCOCC4)c(F)c3)c2c1. The minimum Gasteiger partial charge on any atom is -0.378 e. The van der Waals surface area contributed by atoms with E-state index < -0.39 is 9.84 Å². The van der Waals surface area contributed by atoms with E-state index in [0.29, 0.717) is 54.4 Å². The molecule has 1 N–H and O–H groups in total. The lowest BCUT2D eigenvalue weighted by Gasteiger charge is -2.29. The summed E-state index contributed by atoms with van der Waals surface area (Å²) in [6.07, 6.45) is 2.52. The summed E-state index contributed by atoms with van der Waals surface area (Å²) in [5, 5.41) is 3.61. The Hall–Kier alpha value is -2.78. The van der Waals surface area contributed by atoms with Crippen LogP contribution in [0.4, 0.5) is 21.6 Å². The number of rotatable bonds is 4. The Kier molecular flexibility index (Phi) is 4.86. The quantitative estimate of drug-likeness (QED) is 0.718. The lowest BCUT2D eigenvalue weighted by Crippen LogP contribution is -2.36. The van der Waals surface area contributed by atoms with Crippen LogP contribution in [0.2, 0.25) is 0 Å². The van der Waals surface area contributed by atoms with Gasteiger partial charge in [-0.05, 0) is 36.4 Å². The summed E-state index contributed by atoms with van der Waals surface area (Å²) < 4.78 is 43.7. The summed E-state index contributed by atoms with van der Waals surface area (Å²) in [5.74, 6) is 0.0658. The fraction of sp³-hybridized carbons (Fsp3) is 0.263. The first-order chi connectivity index (χ1) is 13.4. The maximum atomic E-state index is 14.6. The Morgan fingerprint density at radius 3 is 2.61 bits per heavy atom. The maximum Gasteiger partial charge on any atom is 0.175 e. The van der Waals surface area contributed by atoms with Gasteiger partial charge in [-0.3, -0.25) is 0 Å². The molecule has 1 saturated heterocycles. The number of ether oxygens (including phenoxy) is 1. The van der Waals surface area contributed by atoms with Crippen LogP contribution in [0.1, 0.15) is 0 Å². The molecule has 0 radical (unpaired) electrons. The summed E-state index contributed by atoms with van der Waals surface area (Å²) in [5.41, 5.74) is 1.63. The molecular formula is C19H19FN4O3S. The van der Waals surface area contributed by atoms with E-state index in [-0.39, 0.29) is 10.7 Å². The third-order valence-electron chi connectivity index (χ3n) is 4.60. The fourth-order valence-corrected chi connectivity index (χ4v) is 3.80. The van der Waals surface area contributed by atoms with E-state index in [9.17, 15) is 12.8 Å². The van der Waals surface area contributed by atoms with E-state index in [1.165, 1.54) is 24.5 Å². The van der Waals surface area contributed by atoms with Gasteiger partial charge in [0.1, 0.15) is 18.0 Å². The van der Waals surface area contributed by atoms with Crippen molar-refractivity contribution >= 4 is 37.9 Å². The molecule has 146 valence electrons. The number of aromatic nitrogens is 2. The number of anilines is 3. The monoisotopic (exact) mass is 402 g/mol. The number of nitrogens with one attached hydrogen (secondary N) is 1. The zero-order valence-electron chi connectivity index (χ0n) is 15.2. The van der Waals surface area contributed by atoms with E-state index in [0.717, 1.165) is 6.26 Å². The molecule has 28 heavy (non-hydrogen) atoms. The fourth-order valence-electron chi connectivity index (χ4n) is 3.15. The molecule has 0 aliphatic carbocycles. The van der Waals surface area contributed by atoms with Crippen molar-refractivity contribution in [2.75, 3.05) is 42.8 Å². The number of hydrogen-bond acceptors (Lipinski definition) is 7. The van der Waals surface area contributed by atoms with Gasteiger partial charge in [0.05, 0.1) is 29.3 Å². The van der Waals surface area contributed by atoms with E-state index >= 15 is 0 Å². The van der Waals surface area contributed by atoms with Gasteiger partial charge in [-0.2, -0.15) is 0 Å².